The van der Waals surface area contributed by atoms with Crippen molar-refractivity contribution >= 4 is 39.9 Å². The Morgan fingerprint density at radius 2 is 1.88 bits per heavy atom. The minimum absolute atomic E-state index is 0.110. The van der Waals surface area contributed by atoms with Gasteiger partial charge in [-0.25, -0.2) is 14.2 Å². The van der Waals surface area contributed by atoms with Crippen LogP contribution in [0.2, 0.25) is 0 Å². The Hall–Kier alpha value is -3.59. The highest BCUT2D eigenvalue weighted by molar-refractivity contribution is 7.17. The first-order valence-corrected chi connectivity index (χ1v) is 10.7. The van der Waals surface area contributed by atoms with Gasteiger partial charge in [0.1, 0.15) is 10.7 Å². The van der Waals surface area contributed by atoms with Crippen LogP contribution in [0.1, 0.15) is 45.1 Å². The van der Waals surface area contributed by atoms with Gasteiger partial charge in [-0.1, -0.05) is 29.5 Å². The van der Waals surface area contributed by atoms with E-state index in [-0.39, 0.29) is 30.8 Å². The minimum Gasteiger partial charge on any atom is -0.462 e. The summed E-state index contributed by atoms with van der Waals surface area (Å²) >= 11 is 1.05. The van der Waals surface area contributed by atoms with E-state index < -0.39 is 5.97 Å². The second-order valence-electron chi connectivity index (χ2n) is 6.91. The highest BCUT2D eigenvalue weighted by Crippen LogP contribution is 2.30. The molecule has 0 spiro atoms. The molecule has 2 amide bonds. The number of nitrogens with zero attached hydrogens (tertiary/aromatic N) is 2. The monoisotopic (exact) mass is 455 g/mol. The molecule has 0 unspecified atom stereocenters. The number of esters is 1. The zero-order valence-corrected chi connectivity index (χ0v) is 18.7. The normalized spacial score (nSPS) is 10.5. The molecule has 0 saturated carbocycles. The van der Waals surface area contributed by atoms with Crippen molar-refractivity contribution in [3.05, 3.63) is 76.0 Å². The van der Waals surface area contributed by atoms with Gasteiger partial charge in [-0.15, -0.1) is 0 Å². The van der Waals surface area contributed by atoms with Gasteiger partial charge in [-0.05, 0) is 49.7 Å². The van der Waals surface area contributed by atoms with Gasteiger partial charge >= 0.3 is 5.97 Å². The number of rotatable bonds is 7. The average molecular weight is 456 g/mol. The fourth-order valence-corrected chi connectivity index (χ4v) is 3.93. The highest BCUT2D eigenvalue weighted by atomic mass is 32.1. The van der Waals surface area contributed by atoms with Crippen LogP contribution in [0.3, 0.4) is 0 Å². The standard InChI is InChI=1S/C23H22FN3O4S/c1-4-31-22(30)20-14(2)25-23(32-20)27(13-16-8-10-18(24)11-9-16)21(29)17-6-5-7-19(12-17)26-15(3)28/h5-12H,4,13H2,1-3H3,(H,26,28). The molecule has 0 aliphatic rings. The van der Waals surface area contributed by atoms with Crippen molar-refractivity contribution in [2.24, 2.45) is 0 Å². The molecule has 1 N–H and O–H groups in total. The van der Waals surface area contributed by atoms with Crippen molar-refractivity contribution < 1.29 is 23.5 Å². The quantitative estimate of drug-likeness (QED) is 0.527. The molecular weight excluding hydrogens is 433 g/mol. The van der Waals surface area contributed by atoms with Gasteiger partial charge in [-0.2, -0.15) is 0 Å². The maximum absolute atomic E-state index is 13.5. The van der Waals surface area contributed by atoms with E-state index in [1.54, 1.807) is 50.2 Å². The third-order valence-corrected chi connectivity index (χ3v) is 5.57. The molecule has 0 aliphatic carbocycles. The summed E-state index contributed by atoms with van der Waals surface area (Å²) in [7, 11) is 0. The molecule has 0 radical (unpaired) electrons. The van der Waals surface area contributed by atoms with Gasteiger partial charge in [0.05, 0.1) is 18.8 Å². The van der Waals surface area contributed by atoms with Crippen LogP contribution >= 0.6 is 11.3 Å². The summed E-state index contributed by atoms with van der Waals surface area (Å²) in [5.41, 5.74) is 1.94. The summed E-state index contributed by atoms with van der Waals surface area (Å²) in [4.78, 5) is 43.2. The van der Waals surface area contributed by atoms with E-state index in [1.807, 2.05) is 0 Å². The fraction of sp³-hybridized carbons (Fsp3) is 0.217. The minimum atomic E-state index is -0.504. The van der Waals surface area contributed by atoms with Crippen molar-refractivity contribution in [2.75, 3.05) is 16.8 Å². The number of carbonyl (C=O) groups is 3. The van der Waals surface area contributed by atoms with E-state index >= 15 is 0 Å². The lowest BCUT2D eigenvalue weighted by Gasteiger charge is -2.20. The summed E-state index contributed by atoms with van der Waals surface area (Å²) in [6.07, 6.45) is 0. The molecule has 3 rings (SSSR count). The topological polar surface area (TPSA) is 88.6 Å². The Balaban J connectivity index is 2.00. The number of hydrogen-bond donors (Lipinski definition) is 1. The lowest BCUT2D eigenvalue weighted by Crippen LogP contribution is -2.30. The summed E-state index contributed by atoms with van der Waals surface area (Å²) in [5, 5.41) is 2.96. The summed E-state index contributed by atoms with van der Waals surface area (Å²) in [6, 6.07) is 12.3. The molecule has 1 heterocycles. The molecule has 1 aromatic heterocycles. The molecule has 0 bridgehead atoms. The molecule has 7 nitrogen and oxygen atoms in total. The van der Waals surface area contributed by atoms with Crippen molar-refractivity contribution in [3.8, 4) is 0 Å². The van der Waals surface area contributed by atoms with Gasteiger partial charge < -0.3 is 10.1 Å². The lowest BCUT2D eigenvalue weighted by atomic mass is 10.1. The third-order valence-electron chi connectivity index (χ3n) is 4.41. The zero-order valence-electron chi connectivity index (χ0n) is 17.8. The average Bonchev–Trinajstić information content (AvgIpc) is 3.14. The van der Waals surface area contributed by atoms with Crippen LogP contribution in [0.15, 0.2) is 48.5 Å². The molecule has 3 aromatic rings. The predicted molar refractivity (Wildman–Crippen MR) is 120 cm³/mol. The molecule has 0 fully saturated rings. The Bertz CT molecular complexity index is 1140. The molecule has 32 heavy (non-hydrogen) atoms. The van der Waals surface area contributed by atoms with Gasteiger partial charge in [-0.3, -0.25) is 14.5 Å². The number of anilines is 2. The number of amides is 2. The third kappa shape index (κ3) is 5.55. The van der Waals surface area contributed by atoms with Crippen LogP contribution in [0.25, 0.3) is 0 Å². The van der Waals surface area contributed by atoms with Crippen LogP contribution in [0, 0.1) is 12.7 Å². The van der Waals surface area contributed by atoms with E-state index in [4.69, 9.17) is 4.74 Å². The van der Waals surface area contributed by atoms with Crippen LogP contribution < -0.4 is 10.2 Å². The smallest absolute Gasteiger partial charge is 0.350 e. The summed E-state index contributed by atoms with van der Waals surface area (Å²) in [6.45, 7) is 5.09. The first kappa shape index (κ1) is 23.1. The van der Waals surface area contributed by atoms with E-state index in [1.165, 1.54) is 24.0 Å². The van der Waals surface area contributed by atoms with Crippen LogP contribution in [0.5, 0.6) is 0 Å². The molecule has 9 heteroatoms. The zero-order chi connectivity index (χ0) is 23.3. The number of benzene rings is 2. The second kappa shape index (κ2) is 10.1. The van der Waals surface area contributed by atoms with Crippen molar-refractivity contribution in [2.45, 2.75) is 27.3 Å². The van der Waals surface area contributed by atoms with Crippen molar-refractivity contribution in [3.63, 3.8) is 0 Å². The number of nitrogens with one attached hydrogen (secondary N) is 1. The maximum atomic E-state index is 13.5. The van der Waals surface area contributed by atoms with Crippen LogP contribution in [-0.2, 0) is 16.1 Å². The fourth-order valence-electron chi connectivity index (χ4n) is 2.97. The molecular formula is C23H22FN3O4S. The number of aromatic nitrogens is 1. The Morgan fingerprint density at radius 3 is 2.53 bits per heavy atom. The van der Waals surface area contributed by atoms with Crippen LogP contribution in [-0.4, -0.2) is 29.4 Å². The predicted octanol–water partition coefficient (Wildman–Crippen LogP) is 4.57. The Kier molecular flexibility index (Phi) is 7.32. The van der Waals surface area contributed by atoms with E-state index in [0.717, 1.165) is 11.3 Å². The number of carbonyl (C=O) groups excluding carboxylic acids is 3. The number of hydrogen-bond acceptors (Lipinski definition) is 6. The maximum Gasteiger partial charge on any atom is 0.350 e. The van der Waals surface area contributed by atoms with Gasteiger partial charge in [0.15, 0.2) is 5.13 Å². The number of aryl methyl sites for hydroxylation is 1. The molecule has 0 saturated heterocycles. The number of halogens is 1. The van der Waals surface area contributed by atoms with E-state index in [0.29, 0.717) is 32.5 Å². The summed E-state index contributed by atoms with van der Waals surface area (Å²) in [5.74, 6) is -1.53. The van der Waals surface area contributed by atoms with E-state index in [2.05, 4.69) is 10.3 Å². The highest BCUT2D eigenvalue weighted by Gasteiger charge is 2.25. The van der Waals surface area contributed by atoms with Crippen molar-refractivity contribution in [1.82, 2.24) is 4.98 Å². The number of thiazole rings is 1. The molecule has 2 aromatic carbocycles. The lowest BCUT2D eigenvalue weighted by molar-refractivity contribution is -0.114. The molecule has 0 aliphatic heterocycles. The Morgan fingerprint density at radius 1 is 1.16 bits per heavy atom. The summed E-state index contributed by atoms with van der Waals surface area (Å²) < 4.78 is 18.4. The number of ether oxygens (including phenoxy) is 1. The molecule has 0 atom stereocenters. The van der Waals surface area contributed by atoms with Gasteiger partial charge in [0, 0.05) is 18.2 Å². The second-order valence-corrected chi connectivity index (χ2v) is 7.89. The van der Waals surface area contributed by atoms with Gasteiger partial charge in [0.25, 0.3) is 5.91 Å². The molecule has 166 valence electrons. The van der Waals surface area contributed by atoms with Crippen molar-refractivity contribution in [1.29, 1.82) is 0 Å². The van der Waals surface area contributed by atoms with Crippen LogP contribution in [0.4, 0.5) is 15.2 Å². The first-order chi connectivity index (χ1) is 15.3. The van der Waals surface area contributed by atoms with Gasteiger partial charge in [0.2, 0.25) is 5.91 Å². The first-order valence-electron chi connectivity index (χ1n) is 9.87. The largest absolute Gasteiger partial charge is 0.462 e. The Labute approximate surface area is 188 Å². The SMILES string of the molecule is CCOC(=O)c1sc(N(Cc2ccc(F)cc2)C(=O)c2cccc(NC(C)=O)c2)nc1C. The van der Waals surface area contributed by atoms with E-state index in [9.17, 15) is 18.8 Å².